The summed E-state index contributed by atoms with van der Waals surface area (Å²) < 4.78 is 101. The van der Waals surface area contributed by atoms with Gasteiger partial charge in [-0.05, 0) is 97.7 Å². The van der Waals surface area contributed by atoms with Gasteiger partial charge in [-0.15, -0.1) is 0 Å². The largest absolute Gasteiger partial charge is 0.497 e. The van der Waals surface area contributed by atoms with Crippen molar-refractivity contribution in [3.05, 3.63) is 59.7 Å². The molecule has 0 spiro atoms. The van der Waals surface area contributed by atoms with E-state index in [1.165, 1.54) is 27.9 Å². The highest BCUT2D eigenvalue weighted by Gasteiger charge is 2.58. The van der Waals surface area contributed by atoms with Crippen LogP contribution in [0.5, 0.6) is 11.5 Å². The molecule has 0 saturated heterocycles. The summed E-state index contributed by atoms with van der Waals surface area (Å²) >= 11 is 0. The molecule has 13 nitrogen and oxygen atoms in total. The molecule has 2 rings (SSSR count). The number of nitrogens with one attached hydrogen (secondary N) is 1. The van der Waals surface area contributed by atoms with Crippen LogP contribution in [-0.4, -0.2) is 79.2 Å². The third kappa shape index (κ3) is 14.5. The molecule has 17 heteroatoms. The van der Waals surface area contributed by atoms with Crippen molar-refractivity contribution in [1.82, 2.24) is 5.32 Å². The quantitative estimate of drug-likeness (QED) is 0.128. The third-order valence-electron chi connectivity index (χ3n) is 6.82. The van der Waals surface area contributed by atoms with Crippen LogP contribution < -0.4 is 14.8 Å². The number of alkyl halides is 3. The molecule has 1 amide bonds. The fourth-order valence-corrected chi connectivity index (χ4v) is 5.61. The second kappa shape index (κ2) is 17.2. The Kier molecular flexibility index (Phi) is 14.5. The second-order valence-corrected chi connectivity index (χ2v) is 16.8. The summed E-state index contributed by atoms with van der Waals surface area (Å²) in [6.45, 7) is 13.5. The van der Waals surface area contributed by atoms with Gasteiger partial charge in [0.05, 0.1) is 7.11 Å². The van der Waals surface area contributed by atoms with Crippen LogP contribution >= 0.6 is 0 Å². The molecule has 53 heavy (non-hydrogen) atoms. The van der Waals surface area contributed by atoms with Gasteiger partial charge in [-0.1, -0.05) is 24.3 Å². The van der Waals surface area contributed by atoms with E-state index < -0.39 is 86.3 Å². The van der Waals surface area contributed by atoms with E-state index in [0.29, 0.717) is 12.0 Å². The number of halogens is 3. The Balaban J connectivity index is 2.46. The van der Waals surface area contributed by atoms with Gasteiger partial charge in [0.15, 0.2) is 10.9 Å². The Morgan fingerprint density at radius 1 is 0.792 bits per heavy atom. The summed E-state index contributed by atoms with van der Waals surface area (Å²) in [5, 5.41) is 10.8. The number of carbonyl (C=O) groups excluding carboxylic acids is 3. The number of methoxy groups -OCH3 is 1. The number of hydrogen-bond acceptors (Lipinski definition) is 11. The third-order valence-corrected chi connectivity index (χ3v) is 8.34. The number of aliphatic hydroxyl groups is 1. The van der Waals surface area contributed by atoms with E-state index in [2.05, 4.69) is 9.71 Å². The summed E-state index contributed by atoms with van der Waals surface area (Å²) in [6.07, 6.45) is -8.32. The maximum absolute atomic E-state index is 14.7. The number of ether oxygens (including phenoxy) is 5. The monoisotopic (exact) mass is 774 g/mol. The van der Waals surface area contributed by atoms with Crippen LogP contribution in [0.2, 0.25) is 0 Å². The highest BCUT2D eigenvalue weighted by Crippen LogP contribution is 2.44. The van der Waals surface area contributed by atoms with Gasteiger partial charge < -0.3 is 34.1 Å². The number of hydrogen-bond donors (Lipinski definition) is 2. The molecule has 0 aromatic heterocycles. The smallest absolute Gasteiger partial charge is 0.421 e. The van der Waals surface area contributed by atoms with E-state index in [9.17, 15) is 41.1 Å². The van der Waals surface area contributed by atoms with Gasteiger partial charge in [-0.2, -0.15) is 17.6 Å². The molecule has 2 aromatic carbocycles. The lowest BCUT2D eigenvalue weighted by molar-refractivity contribution is -0.269. The molecule has 3 atom stereocenters. The zero-order chi connectivity index (χ0) is 40.6. The van der Waals surface area contributed by atoms with E-state index >= 15 is 0 Å². The molecule has 0 saturated carbocycles. The van der Waals surface area contributed by atoms with Crippen molar-refractivity contribution < 1.29 is 64.8 Å². The molecule has 0 bridgehead atoms. The van der Waals surface area contributed by atoms with Crippen LogP contribution in [0.25, 0.3) is 0 Å². The van der Waals surface area contributed by atoms with Gasteiger partial charge >= 0.3 is 24.2 Å². The normalized spacial score (nSPS) is 15.1. The van der Waals surface area contributed by atoms with Crippen LogP contribution in [0.3, 0.4) is 0 Å². The van der Waals surface area contributed by atoms with Crippen LogP contribution in [0, 0.1) is 0 Å². The van der Waals surface area contributed by atoms with Gasteiger partial charge in [-0.25, -0.2) is 18.0 Å². The maximum atomic E-state index is 14.7. The van der Waals surface area contributed by atoms with E-state index in [4.69, 9.17) is 23.7 Å². The molecular weight excluding hydrogens is 725 g/mol. The van der Waals surface area contributed by atoms with Gasteiger partial charge in [0.2, 0.25) is 0 Å². The standard InChI is InChI=1S/C36H49F3N2O11S/c1-32(2,3)50-29(42)27(41-31(44)52-34(7,8)9)19-20-40-53(46,47)28(30(43)51-33(4,5)6)21-35(45,36(37,38)39)24-13-17-26(18-14-24)49-22-23-11-15-25(48-10)16-12-23/h11-18,20,27-28,45H,19,21-22H2,1-10H3,(H,41,44)/b40-20+/t27-,28-,35-/m0/s1. The number of benzene rings is 2. The van der Waals surface area contributed by atoms with Crippen LogP contribution in [-0.2, 0) is 46.0 Å². The van der Waals surface area contributed by atoms with Crippen molar-refractivity contribution in [3.63, 3.8) is 0 Å². The van der Waals surface area contributed by atoms with Crippen molar-refractivity contribution in [2.24, 2.45) is 4.40 Å². The van der Waals surface area contributed by atoms with Crippen LogP contribution in [0.15, 0.2) is 52.9 Å². The average Bonchev–Trinajstić information content (AvgIpc) is 2.99. The second-order valence-electron chi connectivity index (χ2n) is 15.0. The van der Waals surface area contributed by atoms with Crippen molar-refractivity contribution in [2.45, 2.75) is 122 Å². The van der Waals surface area contributed by atoms with Gasteiger partial charge in [-0.3, -0.25) is 4.79 Å². The number of rotatable bonds is 14. The van der Waals surface area contributed by atoms with Crippen molar-refractivity contribution in [1.29, 1.82) is 0 Å². The summed E-state index contributed by atoms with van der Waals surface area (Å²) in [5.74, 6) is -1.87. The molecule has 2 N–H and O–H groups in total. The number of esters is 2. The molecule has 0 fully saturated rings. The van der Waals surface area contributed by atoms with Crippen LogP contribution in [0.4, 0.5) is 18.0 Å². The molecular formula is C36H49F3N2O11S. The predicted octanol–water partition coefficient (Wildman–Crippen LogP) is 6.15. The number of amides is 1. The first-order valence-electron chi connectivity index (χ1n) is 16.4. The van der Waals surface area contributed by atoms with E-state index in [1.54, 1.807) is 65.8 Å². The Labute approximate surface area is 308 Å². The van der Waals surface area contributed by atoms with Crippen LogP contribution in [0.1, 0.15) is 86.3 Å². The van der Waals surface area contributed by atoms with Gasteiger partial charge in [0.1, 0.15) is 41.0 Å². The molecule has 0 unspecified atom stereocenters. The van der Waals surface area contributed by atoms with E-state index in [-0.39, 0.29) is 12.4 Å². The Morgan fingerprint density at radius 2 is 1.28 bits per heavy atom. The minimum Gasteiger partial charge on any atom is -0.497 e. The number of nitrogens with zero attached hydrogens (tertiary/aromatic N) is 1. The highest BCUT2D eigenvalue weighted by atomic mass is 32.2. The molecule has 0 aliphatic rings. The van der Waals surface area contributed by atoms with Gasteiger partial charge in [0, 0.05) is 19.1 Å². The lowest BCUT2D eigenvalue weighted by Gasteiger charge is -2.33. The Hall–Kier alpha value is -4.38. The summed E-state index contributed by atoms with van der Waals surface area (Å²) in [4.78, 5) is 38.6. The predicted molar refractivity (Wildman–Crippen MR) is 189 cm³/mol. The molecule has 0 aliphatic carbocycles. The first-order chi connectivity index (χ1) is 24.0. The number of sulfonamides is 1. The average molecular weight is 775 g/mol. The van der Waals surface area contributed by atoms with E-state index in [0.717, 1.165) is 29.8 Å². The minimum atomic E-state index is -5.50. The van der Waals surface area contributed by atoms with Crippen molar-refractivity contribution in [2.75, 3.05) is 7.11 Å². The summed E-state index contributed by atoms with van der Waals surface area (Å²) in [7, 11) is -3.75. The maximum Gasteiger partial charge on any atom is 0.421 e. The van der Waals surface area contributed by atoms with Gasteiger partial charge in [0.25, 0.3) is 10.0 Å². The minimum absolute atomic E-state index is 0.0475. The highest BCUT2D eigenvalue weighted by molar-refractivity contribution is 7.91. The van der Waals surface area contributed by atoms with E-state index in [1.807, 2.05) is 0 Å². The fourth-order valence-electron chi connectivity index (χ4n) is 4.42. The molecule has 0 aliphatic heterocycles. The zero-order valence-corrected chi connectivity index (χ0v) is 32.3. The lowest BCUT2D eigenvalue weighted by atomic mass is 9.88. The molecule has 0 heterocycles. The molecule has 296 valence electrons. The van der Waals surface area contributed by atoms with Crippen molar-refractivity contribution in [3.8, 4) is 11.5 Å². The first-order valence-corrected chi connectivity index (χ1v) is 17.9. The summed E-state index contributed by atoms with van der Waals surface area (Å²) in [6, 6.07) is 9.39. The lowest BCUT2D eigenvalue weighted by Crippen LogP contribution is -2.49. The number of alkyl carbamates (subject to hydrolysis) is 1. The first kappa shape index (κ1) is 44.8. The fraction of sp³-hybridized carbons (Fsp3) is 0.556. The van der Waals surface area contributed by atoms with Crippen molar-refractivity contribution >= 4 is 34.3 Å². The topological polar surface area (TPSA) is 176 Å². The number of carbonyl (C=O) groups is 3. The zero-order valence-electron chi connectivity index (χ0n) is 31.5. The summed E-state index contributed by atoms with van der Waals surface area (Å²) in [5.41, 5.74) is -7.32. The molecule has 0 radical (unpaired) electrons. The SMILES string of the molecule is COc1ccc(COc2ccc([C@@](O)(C[C@@H](C(=O)OC(C)(C)C)S(=O)(=O)/N=C/C[C@H](NC(=O)OC(C)(C)C)C(=O)OC(C)(C)C)C(F)(F)F)cc2)cc1. The Bertz CT molecular complexity index is 1690. The Morgan fingerprint density at radius 3 is 1.75 bits per heavy atom. The molecule has 2 aromatic rings.